The van der Waals surface area contributed by atoms with Gasteiger partial charge in [0.25, 0.3) is 0 Å². The summed E-state index contributed by atoms with van der Waals surface area (Å²) in [6.07, 6.45) is -0.166. The van der Waals surface area contributed by atoms with Crippen molar-refractivity contribution in [3.05, 3.63) is 69.4 Å². The van der Waals surface area contributed by atoms with Crippen molar-refractivity contribution in [3.63, 3.8) is 0 Å². The number of halogens is 1. The molecule has 2 aromatic carbocycles. The van der Waals surface area contributed by atoms with Crippen LogP contribution in [0.5, 0.6) is 5.75 Å². The molecule has 190 valence electrons. The number of carbonyl (C=O) groups is 1. The quantitative estimate of drug-likeness (QED) is 0.288. The molecule has 4 aromatic rings. The first-order valence-corrected chi connectivity index (χ1v) is 12.5. The summed E-state index contributed by atoms with van der Waals surface area (Å²) in [7, 11) is 0. The van der Waals surface area contributed by atoms with Gasteiger partial charge in [-0.1, -0.05) is 69.1 Å². The van der Waals surface area contributed by atoms with Gasteiger partial charge in [0, 0.05) is 11.0 Å². The first kappa shape index (κ1) is 25.8. The number of aryl methyl sites for hydroxylation is 3. The molecule has 0 fully saturated rings. The first-order valence-electron chi connectivity index (χ1n) is 12.1. The number of H-pyrrole nitrogens is 1. The lowest BCUT2D eigenvalue weighted by atomic mass is 9.92. The Labute approximate surface area is 216 Å². The van der Waals surface area contributed by atoms with Crippen LogP contribution in [-0.4, -0.2) is 31.9 Å². The van der Waals surface area contributed by atoms with Gasteiger partial charge in [0.2, 0.25) is 0 Å². The fraction of sp³-hybridized carbons (Fsp3) is 0.393. The first-order chi connectivity index (χ1) is 17.0. The smallest absolute Gasteiger partial charge is 0.347 e. The van der Waals surface area contributed by atoms with Crippen molar-refractivity contribution in [1.29, 1.82) is 0 Å². The van der Waals surface area contributed by atoms with E-state index in [0.717, 1.165) is 33.5 Å². The second-order valence-electron chi connectivity index (χ2n) is 10.3. The summed E-state index contributed by atoms with van der Waals surface area (Å²) >= 11 is 6.58. The molecule has 0 saturated heterocycles. The number of aromatic amines is 1. The van der Waals surface area contributed by atoms with Crippen LogP contribution in [0.25, 0.3) is 17.0 Å². The number of rotatable bonds is 7. The Kier molecular flexibility index (Phi) is 7.14. The van der Waals surface area contributed by atoms with E-state index >= 15 is 0 Å². The zero-order chi connectivity index (χ0) is 26.2. The summed E-state index contributed by atoms with van der Waals surface area (Å²) in [5, 5.41) is 9.71. The van der Waals surface area contributed by atoms with Gasteiger partial charge < -0.3 is 14.5 Å². The third-order valence-corrected chi connectivity index (χ3v) is 6.54. The number of ether oxygens (including phenoxy) is 2. The molecule has 0 bridgehead atoms. The number of fused-ring (bicyclic) bond motifs is 1. The highest BCUT2D eigenvalue weighted by Crippen LogP contribution is 2.32. The van der Waals surface area contributed by atoms with Crippen LogP contribution >= 0.6 is 11.6 Å². The summed E-state index contributed by atoms with van der Waals surface area (Å²) in [6.45, 7) is 14.2. The topological polar surface area (TPSA) is 81.5 Å². The molecule has 8 heteroatoms. The van der Waals surface area contributed by atoms with Gasteiger partial charge in [0.15, 0.2) is 17.6 Å². The molecule has 0 amide bonds. The van der Waals surface area contributed by atoms with E-state index < -0.39 is 6.10 Å². The van der Waals surface area contributed by atoms with Crippen molar-refractivity contribution < 1.29 is 14.3 Å². The molecule has 0 aliphatic carbocycles. The SMILES string of the molecule is CCC(Oc1ccc(C)cc1C)C(=O)OCc1cc(-c2nn3nc(C(C)(C)C)c(Cl)c3[nH]2)ccc1C. The van der Waals surface area contributed by atoms with Gasteiger partial charge in [-0.05, 0) is 56.0 Å². The van der Waals surface area contributed by atoms with Crippen LogP contribution in [0.3, 0.4) is 0 Å². The number of nitrogens with one attached hydrogen (secondary N) is 1. The van der Waals surface area contributed by atoms with Gasteiger partial charge in [0.1, 0.15) is 17.4 Å². The van der Waals surface area contributed by atoms with E-state index in [1.165, 1.54) is 4.63 Å². The Morgan fingerprint density at radius 1 is 1.08 bits per heavy atom. The second-order valence-corrected chi connectivity index (χ2v) is 10.6. The van der Waals surface area contributed by atoms with Gasteiger partial charge in [-0.25, -0.2) is 4.79 Å². The summed E-state index contributed by atoms with van der Waals surface area (Å²) in [4.78, 5) is 16.1. The number of benzene rings is 2. The zero-order valence-corrected chi connectivity index (χ0v) is 22.7. The van der Waals surface area contributed by atoms with E-state index in [4.69, 9.17) is 21.1 Å². The van der Waals surface area contributed by atoms with E-state index in [-0.39, 0.29) is 18.0 Å². The van der Waals surface area contributed by atoms with Crippen molar-refractivity contribution in [3.8, 4) is 17.1 Å². The summed E-state index contributed by atoms with van der Waals surface area (Å²) in [5.74, 6) is 0.941. The minimum absolute atomic E-state index is 0.137. The highest BCUT2D eigenvalue weighted by molar-refractivity contribution is 6.34. The molecule has 0 spiro atoms. The molecule has 7 nitrogen and oxygen atoms in total. The molecule has 2 aromatic heterocycles. The average Bonchev–Trinajstić information content (AvgIpc) is 3.37. The molecule has 0 aliphatic rings. The average molecular weight is 509 g/mol. The number of carbonyl (C=O) groups excluding carboxylic acids is 1. The lowest BCUT2D eigenvalue weighted by molar-refractivity contribution is -0.153. The summed E-state index contributed by atoms with van der Waals surface area (Å²) in [5.41, 5.74) is 6.14. The van der Waals surface area contributed by atoms with Crippen molar-refractivity contribution in [2.75, 3.05) is 0 Å². The lowest BCUT2D eigenvalue weighted by Gasteiger charge is -2.18. The van der Waals surface area contributed by atoms with Crippen LogP contribution in [0.4, 0.5) is 0 Å². The minimum atomic E-state index is -0.674. The molecule has 0 aliphatic heterocycles. The Morgan fingerprint density at radius 2 is 1.83 bits per heavy atom. The van der Waals surface area contributed by atoms with E-state index in [1.54, 1.807) is 0 Å². The zero-order valence-electron chi connectivity index (χ0n) is 21.9. The highest BCUT2D eigenvalue weighted by Gasteiger charge is 2.25. The van der Waals surface area contributed by atoms with E-state index in [1.807, 2.05) is 64.1 Å². The van der Waals surface area contributed by atoms with E-state index in [0.29, 0.717) is 28.7 Å². The number of aromatic nitrogens is 4. The van der Waals surface area contributed by atoms with Gasteiger partial charge in [-0.15, -0.1) is 9.73 Å². The normalized spacial score (nSPS) is 12.7. The van der Waals surface area contributed by atoms with Crippen LogP contribution in [0, 0.1) is 20.8 Å². The summed E-state index contributed by atoms with van der Waals surface area (Å²) in [6, 6.07) is 11.8. The maximum absolute atomic E-state index is 12.8. The molecule has 4 rings (SSSR count). The van der Waals surface area contributed by atoms with Gasteiger partial charge in [-0.3, -0.25) is 0 Å². The number of hydrogen-bond acceptors (Lipinski definition) is 5. The fourth-order valence-corrected chi connectivity index (χ4v) is 4.45. The van der Waals surface area contributed by atoms with Crippen LogP contribution < -0.4 is 4.74 Å². The Morgan fingerprint density at radius 3 is 2.47 bits per heavy atom. The van der Waals surface area contributed by atoms with Crippen LogP contribution in [0.1, 0.15) is 62.1 Å². The fourth-order valence-electron chi connectivity index (χ4n) is 4.01. The maximum atomic E-state index is 12.8. The predicted molar refractivity (Wildman–Crippen MR) is 142 cm³/mol. The molecular weight excluding hydrogens is 476 g/mol. The third kappa shape index (κ3) is 5.26. The lowest BCUT2D eigenvalue weighted by Crippen LogP contribution is -2.29. The van der Waals surface area contributed by atoms with Gasteiger partial charge >= 0.3 is 5.97 Å². The monoisotopic (exact) mass is 508 g/mol. The van der Waals surface area contributed by atoms with Crippen molar-refractivity contribution in [1.82, 2.24) is 19.8 Å². The highest BCUT2D eigenvalue weighted by atomic mass is 35.5. The Hall–Kier alpha value is -3.32. The van der Waals surface area contributed by atoms with Crippen molar-refractivity contribution >= 4 is 23.2 Å². The molecule has 2 heterocycles. The van der Waals surface area contributed by atoms with E-state index in [9.17, 15) is 4.79 Å². The van der Waals surface area contributed by atoms with Gasteiger partial charge in [0.05, 0.1) is 5.69 Å². The van der Waals surface area contributed by atoms with Crippen LogP contribution in [-0.2, 0) is 21.6 Å². The minimum Gasteiger partial charge on any atom is -0.478 e. The molecule has 36 heavy (non-hydrogen) atoms. The van der Waals surface area contributed by atoms with Crippen LogP contribution in [0.15, 0.2) is 36.4 Å². The molecule has 1 unspecified atom stereocenters. The largest absolute Gasteiger partial charge is 0.478 e. The number of esters is 1. The summed E-state index contributed by atoms with van der Waals surface area (Å²) < 4.78 is 13.2. The molecule has 1 atom stereocenters. The Bertz CT molecular complexity index is 1410. The Balaban J connectivity index is 1.50. The maximum Gasteiger partial charge on any atom is 0.347 e. The predicted octanol–water partition coefficient (Wildman–Crippen LogP) is 6.50. The molecular formula is C28H33ClN4O3. The number of hydrogen-bond donors (Lipinski definition) is 1. The van der Waals surface area contributed by atoms with Crippen molar-refractivity contribution in [2.45, 2.75) is 73.0 Å². The molecule has 0 radical (unpaired) electrons. The number of nitrogens with zero attached hydrogens (tertiary/aromatic N) is 3. The van der Waals surface area contributed by atoms with Crippen molar-refractivity contribution in [2.24, 2.45) is 0 Å². The van der Waals surface area contributed by atoms with E-state index in [2.05, 4.69) is 36.0 Å². The second kappa shape index (κ2) is 9.97. The van der Waals surface area contributed by atoms with Gasteiger partial charge in [-0.2, -0.15) is 5.10 Å². The standard InChI is InChI=1S/C28H33ClN4O3/c1-8-21(36-22-12-9-16(2)13-18(22)4)27(34)35-15-20-14-19(11-10-17(20)3)25-30-26-23(29)24(28(5,6)7)31-33(26)32-25/h9-14,21H,8,15H2,1-7H3,(H,30,32). The molecule has 1 N–H and O–H groups in total. The molecule has 0 saturated carbocycles. The van der Waals surface area contributed by atoms with Crippen LogP contribution in [0.2, 0.25) is 5.02 Å². The third-order valence-electron chi connectivity index (χ3n) is 6.18.